The van der Waals surface area contributed by atoms with Gasteiger partial charge in [-0.05, 0) is 26.8 Å². The highest BCUT2D eigenvalue weighted by atomic mass is 19.1. The number of hydrogen-bond donors (Lipinski definition) is 1. The van der Waals surface area contributed by atoms with Gasteiger partial charge >= 0.3 is 0 Å². The predicted octanol–water partition coefficient (Wildman–Crippen LogP) is 1.92. The summed E-state index contributed by atoms with van der Waals surface area (Å²) < 4.78 is 26.2. The maximum atomic E-state index is 13.5. The molecule has 0 bridgehead atoms. The Kier molecular flexibility index (Phi) is 4.61. The summed E-state index contributed by atoms with van der Waals surface area (Å²) in [6.45, 7) is 5.01. The summed E-state index contributed by atoms with van der Waals surface area (Å²) in [5, 5.41) is 0. The van der Waals surface area contributed by atoms with Crippen LogP contribution in [0.1, 0.15) is 20.3 Å². The quantitative estimate of drug-likeness (QED) is 0.838. The van der Waals surface area contributed by atoms with Crippen molar-refractivity contribution in [2.45, 2.75) is 26.3 Å². The fourth-order valence-electron chi connectivity index (χ4n) is 1.49. The van der Waals surface area contributed by atoms with Crippen LogP contribution < -0.4 is 10.6 Å². The maximum Gasteiger partial charge on any atom is 0.168 e. The Morgan fingerprint density at radius 1 is 1.44 bits per heavy atom. The molecule has 0 saturated carbocycles. The molecule has 0 unspecified atom stereocenters. The molecule has 0 fully saturated rings. The first-order chi connectivity index (χ1) is 7.56. The minimum atomic E-state index is -0.663. The Hall–Kier alpha value is -1.23. The van der Waals surface area contributed by atoms with Crippen LogP contribution >= 0.6 is 0 Å². The molecule has 1 rings (SSSR count). The number of rotatable bonds is 5. The zero-order valence-electron chi connectivity index (χ0n) is 9.58. The van der Waals surface area contributed by atoms with Crippen LogP contribution in [0.25, 0.3) is 0 Å². The van der Waals surface area contributed by atoms with E-state index in [0.717, 1.165) is 18.7 Å². The van der Waals surface area contributed by atoms with Crippen molar-refractivity contribution in [1.29, 1.82) is 0 Å². The number of anilines is 1. The number of nitrogens with two attached hydrogens (primary N) is 1. The van der Waals surface area contributed by atoms with Gasteiger partial charge in [0.15, 0.2) is 11.6 Å². The molecule has 0 saturated heterocycles. The summed E-state index contributed by atoms with van der Waals surface area (Å²) in [5.41, 5.74) is 5.42. The monoisotopic (exact) mass is 229 g/mol. The molecule has 16 heavy (non-hydrogen) atoms. The molecular weight excluding hydrogens is 212 g/mol. The molecule has 0 aliphatic carbocycles. The summed E-state index contributed by atoms with van der Waals surface area (Å²) in [7, 11) is 0. The third kappa shape index (κ3) is 3.13. The molecule has 0 aromatic carbocycles. The van der Waals surface area contributed by atoms with E-state index < -0.39 is 11.6 Å². The van der Waals surface area contributed by atoms with Gasteiger partial charge in [-0.25, -0.2) is 13.8 Å². The number of aromatic nitrogens is 1. The molecule has 0 aliphatic rings. The van der Waals surface area contributed by atoms with Crippen molar-refractivity contribution in [3.63, 3.8) is 0 Å². The van der Waals surface area contributed by atoms with E-state index in [1.807, 2.05) is 13.8 Å². The summed E-state index contributed by atoms with van der Waals surface area (Å²) in [6.07, 6.45) is 1.77. The third-order valence-corrected chi connectivity index (χ3v) is 2.29. The zero-order chi connectivity index (χ0) is 12.1. The second-order valence-electron chi connectivity index (χ2n) is 3.89. The Morgan fingerprint density at radius 3 is 2.62 bits per heavy atom. The second-order valence-corrected chi connectivity index (χ2v) is 3.89. The van der Waals surface area contributed by atoms with E-state index in [1.54, 1.807) is 4.90 Å². The fraction of sp³-hybridized carbons (Fsp3) is 0.545. The Morgan fingerprint density at radius 2 is 2.12 bits per heavy atom. The molecule has 1 aromatic heterocycles. The average molecular weight is 229 g/mol. The number of halogens is 2. The van der Waals surface area contributed by atoms with Crippen LogP contribution in [0.5, 0.6) is 0 Å². The van der Waals surface area contributed by atoms with Gasteiger partial charge in [-0.15, -0.1) is 0 Å². The molecule has 2 N–H and O–H groups in total. The van der Waals surface area contributed by atoms with E-state index in [2.05, 4.69) is 4.98 Å². The van der Waals surface area contributed by atoms with Crippen molar-refractivity contribution in [3.8, 4) is 0 Å². The van der Waals surface area contributed by atoms with E-state index in [1.165, 1.54) is 0 Å². The fourth-order valence-corrected chi connectivity index (χ4v) is 1.49. The van der Waals surface area contributed by atoms with Crippen molar-refractivity contribution in [3.05, 3.63) is 23.9 Å². The highest BCUT2D eigenvalue weighted by Crippen LogP contribution is 2.19. The molecule has 0 atom stereocenters. The van der Waals surface area contributed by atoms with E-state index in [-0.39, 0.29) is 11.9 Å². The van der Waals surface area contributed by atoms with Gasteiger partial charge in [-0.3, -0.25) is 0 Å². The van der Waals surface area contributed by atoms with Crippen LogP contribution in [0.15, 0.2) is 12.3 Å². The normalized spacial score (nSPS) is 10.9. The molecule has 0 radical (unpaired) electrons. The van der Waals surface area contributed by atoms with Gasteiger partial charge in [-0.1, -0.05) is 0 Å². The van der Waals surface area contributed by atoms with Gasteiger partial charge in [-0.2, -0.15) is 0 Å². The van der Waals surface area contributed by atoms with E-state index in [9.17, 15) is 8.78 Å². The summed E-state index contributed by atoms with van der Waals surface area (Å²) in [4.78, 5) is 5.57. The number of pyridine rings is 1. The lowest BCUT2D eigenvalue weighted by atomic mass is 10.2. The molecule has 0 amide bonds. The van der Waals surface area contributed by atoms with Crippen molar-refractivity contribution in [2.24, 2.45) is 5.73 Å². The van der Waals surface area contributed by atoms with Gasteiger partial charge in [0.25, 0.3) is 0 Å². The van der Waals surface area contributed by atoms with Gasteiger partial charge in [0.05, 0.1) is 6.20 Å². The lowest BCUT2D eigenvalue weighted by molar-refractivity contribution is 0.554. The van der Waals surface area contributed by atoms with E-state index in [4.69, 9.17) is 5.73 Å². The predicted molar refractivity (Wildman–Crippen MR) is 60.3 cm³/mol. The first-order valence-corrected chi connectivity index (χ1v) is 5.34. The van der Waals surface area contributed by atoms with Gasteiger partial charge < -0.3 is 10.6 Å². The average Bonchev–Trinajstić information content (AvgIpc) is 2.20. The first-order valence-electron chi connectivity index (χ1n) is 5.34. The van der Waals surface area contributed by atoms with Crippen molar-refractivity contribution in [2.75, 3.05) is 18.0 Å². The largest absolute Gasteiger partial charge is 0.352 e. The van der Waals surface area contributed by atoms with E-state index in [0.29, 0.717) is 13.1 Å². The Bertz CT molecular complexity index is 342. The zero-order valence-corrected chi connectivity index (χ0v) is 9.58. The molecule has 5 heteroatoms. The Balaban J connectivity index is 2.92. The summed E-state index contributed by atoms with van der Waals surface area (Å²) in [5.74, 6) is -1.11. The van der Waals surface area contributed by atoms with Crippen LogP contribution in [0.3, 0.4) is 0 Å². The van der Waals surface area contributed by atoms with Crippen molar-refractivity contribution < 1.29 is 8.78 Å². The van der Waals surface area contributed by atoms with Crippen LogP contribution in [0.4, 0.5) is 14.6 Å². The molecule has 1 heterocycles. The molecule has 3 nitrogen and oxygen atoms in total. The van der Waals surface area contributed by atoms with E-state index >= 15 is 0 Å². The molecule has 0 aliphatic heterocycles. The van der Waals surface area contributed by atoms with Crippen molar-refractivity contribution >= 4 is 5.82 Å². The SMILES string of the molecule is CC(C)N(CCCN)c1ncc(F)cc1F. The van der Waals surface area contributed by atoms with Gasteiger partial charge in [0.1, 0.15) is 5.82 Å². The van der Waals surface area contributed by atoms with Gasteiger partial charge in [0, 0.05) is 18.7 Å². The lowest BCUT2D eigenvalue weighted by Crippen LogP contribution is -2.34. The second kappa shape index (κ2) is 5.75. The maximum absolute atomic E-state index is 13.5. The van der Waals surface area contributed by atoms with Gasteiger partial charge in [0.2, 0.25) is 0 Å². The number of nitrogens with zero attached hydrogens (tertiary/aromatic N) is 2. The van der Waals surface area contributed by atoms with Crippen molar-refractivity contribution in [1.82, 2.24) is 4.98 Å². The Labute approximate surface area is 94.3 Å². The molecule has 90 valence electrons. The highest BCUT2D eigenvalue weighted by Gasteiger charge is 2.16. The topological polar surface area (TPSA) is 42.1 Å². The lowest BCUT2D eigenvalue weighted by Gasteiger charge is -2.27. The standard InChI is InChI=1S/C11H17F2N3/c1-8(2)16(5-3-4-14)11-10(13)6-9(12)7-15-11/h6-8H,3-5,14H2,1-2H3. The minimum absolute atomic E-state index is 0.0963. The smallest absolute Gasteiger partial charge is 0.168 e. The molecule has 0 spiro atoms. The first kappa shape index (κ1) is 12.8. The number of hydrogen-bond acceptors (Lipinski definition) is 3. The third-order valence-electron chi connectivity index (χ3n) is 2.29. The van der Waals surface area contributed by atoms with Crippen LogP contribution in [-0.4, -0.2) is 24.1 Å². The molecular formula is C11H17F2N3. The summed E-state index contributed by atoms with van der Waals surface area (Å²) >= 11 is 0. The van der Waals surface area contributed by atoms with Crippen LogP contribution in [0, 0.1) is 11.6 Å². The summed E-state index contributed by atoms with van der Waals surface area (Å²) in [6, 6.07) is 0.944. The minimum Gasteiger partial charge on any atom is -0.352 e. The van der Waals surface area contributed by atoms with Crippen LogP contribution in [-0.2, 0) is 0 Å². The molecule has 1 aromatic rings. The highest BCUT2D eigenvalue weighted by molar-refractivity contribution is 5.40. The van der Waals surface area contributed by atoms with Crippen LogP contribution in [0.2, 0.25) is 0 Å².